The van der Waals surface area contributed by atoms with Crippen LogP contribution < -0.4 is 4.90 Å². The lowest BCUT2D eigenvalue weighted by molar-refractivity contribution is 0.102. The summed E-state index contributed by atoms with van der Waals surface area (Å²) in [5, 5.41) is 0.260. The smallest absolute Gasteiger partial charge is 0.230 e. The van der Waals surface area contributed by atoms with Crippen molar-refractivity contribution in [1.82, 2.24) is 19.3 Å². The first-order valence-electron chi connectivity index (χ1n) is 12.8. The van der Waals surface area contributed by atoms with Crippen LogP contribution in [0.3, 0.4) is 0 Å². The number of ketones is 1. The van der Waals surface area contributed by atoms with Crippen LogP contribution in [0.2, 0.25) is 5.02 Å². The largest absolute Gasteiger partial charge is 0.338 e. The molecule has 0 radical (unpaired) electrons. The third-order valence-electron chi connectivity index (χ3n) is 7.22. The summed E-state index contributed by atoms with van der Waals surface area (Å²) in [5.74, 6) is 0.334. The van der Waals surface area contributed by atoms with Gasteiger partial charge < -0.3 is 9.30 Å². The lowest BCUT2D eigenvalue weighted by Crippen LogP contribution is -2.48. The highest BCUT2D eigenvalue weighted by molar-refractivity contribution is 6.34. The van der Waals surface area contributed by atoms with E-state index in [2.05, 4.69) is 80.4 Å². The van der Waals surface area contributed by atoms with Crippen LogP contribution in [0.15, 0.2) is 97.3 Å². The van der Waals surface area contributed by atoms with E-state index in [9.17, 15) is 4.79 Å². The summed E-state index contributed by atoms with van der Waals surface area (Å²) in [4.78, 5) is 27.5. The van der Waals surface area contributed by atoms with Crippen molar-refractivity contribution in [3.05, 3.63) is 130 Å². The number of rotatable bonds is 6. The summed E-state index contributed by atoms with van der Waals surface area (Å²) in [7, 11) is 0. The monoisotopic (exact) mass is 521 g/mol. The van der Waals surface area contributed by atoms with Gasteiger partial charge in [0.2, 0.25) is 11.7 Å². The van der Waals surface area contributed by atoms with E-state index in [4.69, 9.17) is 11.6 Å². The number of aromatic nitrogens is 3. The summed E-state index contributed by atoms with van der Waals surface area (Å²) in [6.07, 6.45) is 3.44. The van der Waals surface area contributed by atoms with E-state index in [-0.39, 0.29) is 22.5 Å². The fraction of sp³-hybridized carbons (Fsp3) is 0.194. The molecule has 4 heterocycles. The Morgan fingerprint density at radius 3 is 2.16 bits per heavy atom. The number of benzene rings is 2. The third kappa shape index (κ3) is 4.57. The SMILES string of the molecule is Cc1cc2ccccn2c1C(=O)c1nc(N2CCN(C(c3ccccc3)c3ccccc3)CC2)ncc1Cl. The molecule has 3 aromatic heterocycles. The van der Waals surface area contributed by atoms with Crippen LogP contribution in [0.5, 0.6) is 0 Å². The molecule has 1 fully saturated rings. The van der Waals surface area contributed by atoms with Gasteiger partial charge in [0.1, 0.15) is 5.69 Å². The van der Waals surface area contributed by atoms with Gasteiger partial charge in [-0.15, -0.1) is 0 Å². The second-order valence-corrected chi connectivity index (χ2v) is 10.0. The number of hydrogen-bond donors (Lipinski definition) is 0. The second-order valence-electron chi connectivity index (χ2n) is 9.61. The number of fused-ring (bicyclic) bond motifs is 1. The lowest BCUT2D eigenvalue weighted by Gasteiger charge is -2.39. The fourth-order valence-electron chi connectivity index (χ4n) is 5.39. The molecule has 0 bridgehead atoms. The molecule has 1 aliphatic heterocycles. The number of pyridine rings is 1. The molecule has 5 aromatic rings. The van der Waals surface area contributed by atoms with Crippen molar-refractivity contribution in [2.45, 2.75) is 13.0 Å². The highest BCUT2D eigenvalue weighted by Gasteiger charge is 2.28. The van der Waals surface area contributed by atoms with Crippen LogP contribution in [0, 0.1) is 6.92 Å². The van der Waals surface area contributed by atoms with Crippen molar-refractivity contribution in [1.29, 1.82) is 0 Å². The molecule has 0 unspecified atom stereocenters. The van der Waals surface area contributed by atoms with Crippen LogP contribution in [-0.2, 0) is 0 Å². The quantitative estimate of drug-likeness (QED) is 0.263. The Balaban J connectivity index is 1.25. The van der Waals surface area contributed by atoms with Crippen molar-refractivity contribution in [3.63, 3.8) is 0 Å². The first kappa shape index (κ1) is 24.3. The van der Waals surface area contributed by atoms with Crippen LogP contribution >= 0.6 is 11.6 Å². The zero-order valence-corrected chi connectivity index (χ0v) is 21.9. The number of anilines is 1. The molecule has 0 saturated carbocycles. The number of nitrogens with zero attached hydrogens (tertiary/aromatic N) is 5. The normalized spacial score (nSPS) is 14.3. The molecular formula is C31H28ClN5O. The molecule has 0 atom stereocenters. The molecule has 6 nitrogen and oxygen atoms in total. The first-order chi connectivity index (χ1) is 18.6. The number of halogens is 1. The highest BCUT2D eigenvalue weighted by atomic mass is 35.5. The average Bonchev–Trinajstić information content (AvgIpc) is 3.30. The zero-order valence-electron chi connectivity index (χ0n) is 21.2. The van der Waals surface area contributed by atoms with E-state index < -0.39 is 0 Å². The summed E-state index contributed by atoms with van der Waals surface area (Å²) >= 11 is 6.47. The van der Waals surface area contributed by atoms with Gasteiger partial charge in [-0.05, 0) is 41.8 Å². The summed E-state index contributed by atoms with van der Waals surface area (Å²) < 4.78 is 1.89. The van der Waals surface area contributed by atoms with Gasteiger partial charge in [0.25, 0.3) is 0 Å². The van der Waals surface area contributed by atoms with Gasteiger partial charge in [0.15, 0.2) is 0 Å². The number of hydrogen-bond acceptors (Lipinski definition) is 5. The molecule has 7 heteroatoms. The minimum atomic E-state index is -0.200. The van der Waals surface area contributed by atoms with Gasteiger partial charge in [-0.3, -0.25) is 9.69 Å². The maximum absolute atomic E-state index is 13.6. The Hall–Kier alpha value is -4.00. The fourth-order valence-corrected chi connectivity index (χ4v) is 5.57. The molecule has 2 aromatic carbocycles. The Morgan fingerprint density at radius 2 is 1.50 bits per heavy atom. The van der Waals surface area contributed by atoms with Gasteiger partial charge in [-0.2, -0.15) is 0 Å². The second kappa shape index (κ2) is 10.4. The van der Waals surface area contributed by atoms with Crippen molar-refractivity contribution in [2.75, 3.05) is 31.1 Å². The molecule has 38 heavy (non-hydrogen) atoms. The maximum Gasteiger partial charge on any atom is 0.230 e. The van der Waals surface area contributed by atoms with Crippen molar-refractivity contribution >= 4 is 28.8 Å². The van der Waals surface area contributed by atoms with Crippen LogP contribution in [0.4, 0.5) is 5.95 Å². The molecular weight excluding hydrogens is 494 g/mol. The average molecular weight is 522 g/mol. The van der Waals surface area contributed by atoms with Crippen molar-refractivity contribution in [3.8, 4) is 0 Å². The predicted molar refractivity (Wildman–Crippen MR) is 151 cm³/mol. The number of aryl methyl sites for hydroxylation is 1. The number of carbonyl (C=O) groups is 1. The Labute approximate surface area is 227 Å². The van der Waals surface area contributed by atoms with Gasteiger partial charge in [0.05, 0.1) is 23.0 Å². The number of carbonyl (C=O) groups excluding carboxylic acids is 1. The maximum atomic E-state index is 13.6. The molecule has 0 spiro atoms. The van der Waals surface area contributed by atoms with Gasteiger partial charge in [0, 0.05) is 37.9 Å². The van der Waals surface area contributed by atoms with Gasteiger partial charge in [-0.1, -0.05) is 78.3 Å². The van der Waals surface area contributed by atoms with Crippen molar-refractivity contribution < 1.29 is 4.79 Å². The summed E-state index contributed by atoms with van der Waals surface area (Å²) in [6.45, 7) is 5.11. The number of piperazine rings is 1. The van der Waals surface area contributed by atoms with E-state index >= 15 is 0 Å². The van der Waals surface area contributed by atoms with Crippen molar-refractivity contribution in [2.24, 2.45) is 0 Å². The predicted octanol–water partition coefficient (Wildman–Crippen LogP) is 5.83. The molecule has 6 rings (SSSR count). The standard InChI is InChI=1S/C31H28ClN5O/c1-22-20-25-14-8-9-15-37(25)28(22)30(38)27-26(32)21-33-31(34-27)36-18-16-35(17-19-36)29(23-10-4-2-5-11-23)24-12-6-3-7-13-24/h2-15,20-21,29H,16-19H2,1H3. The molecule has 0 aliphatic carbocycles. The topological polar surface area (TPSA) is 53.7 Å². The minimum absolute atomic E-state index is 0.174. The van der Waals surface area contributed by atoms with E-state index in [0.717, 1.165) is 37.3 Å². The highest BCUT2D eigenvalue weighted by Crippen LogP contribution is 2.30. The van der Waals surface area contributed by atoms with Crippen LogP contribution in [0.1, 0.15) is 38.9 Å². The molecule has 190 valence electrons. The third-order valence-corrected chi connectivity index (χ3v) is 7.50. The zero-order chi connectivity index (χ0) is 26.1. The summed E-state index contributed by atoms with van der Waals surface area (Å²) in [6, 6.07) is 29.3. The van der Waals surface area contributed by atoms with E-state index in [1.165, 1.54) is 11.1 Å². The van der Waals surface area contributed by atoms with Crippen LogP contribution in [-0.4, -0.2) is 51.2 Å². The molecule has 1 saturated heterocycles. The van der Waals surface area contributed by atoms with Gasteiger partial charge >= 0.3 is 0 Å². The molecule has 0 amide bonds. The van der Waals surface area contributed by atoms with E-state index in [0.29, 0.717) is 11.6 Å². The van der Waals surface area contributed by atoms with E-state index in [1.54, 1.807) is 6.20 Å². The molecule has 0 N–H and O–H groups in total. The van der Waals surface area contributed by atoms with E-state index in [1.807, 2.05) is 41.8 Å². The molecule has 1 aliphatic rings. The Morgan fingerprint density at radius 1 is 0.868 bits per heavy atom. The Bertz CT molecular complexity index is 1540. The Kier molecular flexibility index (Phi) is 6.66. The summed E-state index contributed by atoms with van der Waals surface area (Å²) in [5.41, 5.74) is 5.21. The first-order valence-corrected chi connectivity index (χ1v) is 13.2. The van der Waals surface area contributed by atoms with Crippen LogP contribution in [0.25, 0.3) is 5.52 Å². The lowest BCUT2D eigenvalue weighted by atomic mass is 9.96. The minimum Gasteiger partial charge on any atom is -0.338 e. The van der Waals surface area contributed by atoms with Gasteiger partial charge in [-0.25, -0.2) is 9.97 Å².